The molecule has 4 N–H and O–H groups in total. The van der Waals surface area contributed by atoms with Crippen LogP contribution in [0.5, 0.6) is 0 Å². The number of aromatic nitrogens is 3. The van der Waals surface area contributed by atoms with Gasteiger partial charge in [-0.05, 0) is 43.7 Å². The minimum atomic E-state index is -1.03. The first-order valence-corrected chi connectivity index (χ1v) is 10.6. The third-order valence-electron chi connectivity index (χ3n) is 5.59. The van der Waals surface area contributed by atoms with E-state index in [1.807, 2.05) is 0 Å². The Morgan fingerprint density at radius 1 is 1.28 bits per heavy atom. The molecule has 0 bridgehead atoms. The first-order valence-electron chi connectivity index (χ1n) is 10.6. The molecule has 0 aliphatic carbocycles. The van der Waals surface area contributed by atoms with Crippen molar-refractivity contribution in [2.24, 2.45) is 0 Å². The molecular formula is C22H26F2N6O2. The molecule has 1 aromatic heterocycles. The average molecular weight is 444 g/mol. The summed E-state index contributed by atoms with van der Waals surface area (Å²) in [5.74, 6) is -1.86. The molecule has 0 atom stereocenters. The lowest BCUT2D eigenvalue weighted by Crippen LogP contribution is -2.67. The van der Waals surface area contributed by atoms with E-state index < -0.39 is 23.1 Å². The summed E-state index contributed by atoms with van der Waals surface area (Å²) < 4.78 is 29.7. The van der Waals surface area contributed by atoms with Crippen LogP contribution < -0.4 is 10.6 Å². The average Bonchev–Trinajstić information content (AvgIpc) is 3.21. The van der Waals surface area contributed by atoms with Crippen LogP contribution in [0.3, 0.4) is 0 Å². The molecule has 0 unspecified atom stereocenters. The Morgan fingerprint density at radius 3 is 2.78 bits per heavy atom. The van der Waals surface area contributed by atoms with E-state index in [9.17, 15) is 14.3 Å². The Balaban J connectivity index is 1.59. The van der Waals surface area contributed by atoms with E-state index in [-0.39, 0.29) is 41.1 Å². The second kappa shape index (κ2) is 8.79. The summed E-state index contributed by atoms with van der Waals surface area (Å²) >= 11 is 0. The van der Waals surface area contributed by atoms with Crippen molar-refractivity contribution in [3.63, 3.8) is 0 Å². The number of nitrogens with zero attached hydrogens (tertiary/aromatic N) is 3. The number of carbonyl (C=O) groups excluding carboxylic acids is 1. The number of rotatable bonds is 8. The number of aromatic amines is 1. The summed E-state index contributed by atoms with van der Waals surface area (Å²) in [6.07, 6.45) is 2.05. The first kappa shape index (κ1) is 22.1. The van der Waals surface area contributed by atoms with E-state index in [0.29, 0.717) is 12.1 Å². The zero-order valence-electron chi connectivity index (χ0n) is 18.0. The van der Waals surface area contributed by atoms with Crippen LogP contribution in [-0.2, 0) is 0 Å². The highest BCUT2D eigenvalue weighted by Crippen LogP contribution is 2.33. The van der Waals surface area contributed by atoms with Gasteiger partial charge in [0.05, 0.1) is 30.0 Å². The molecular weight excluding hydrogens is 418 g/mol. The second-order valence-corrected chi connectivity index (χ2v) is 8.33. The summed E-state index contributed by atoms with van der Waals surface area (Å²) in [6, 6.07) is 5.89. The Bertz CT molecular complexity index is 1140. The van der Waals surface area contributed by atoms with Gasteiger partial charge in [0.15, 0.2) is 11.3 Å². The van der Waals surface area contributed by atoms with Crippen molar-refractivity contribution in [3.05, 3.63) is 47.0 Å². The lowest BCUT2D eigenvalue weighted by atomic mass is 9.92. The van der Waals surface area contributed by atoms with Crippen LogP contribution in [0.2, 0.25) is 0 Å². The van der Waals surface area contributed by atoms with Gasteiger partial charge in [-0.1, -0.05) is 19.4 Å². The number of unbranched alkanes of at least 4 members (excludes halogenated alkanes) is 1. The van der Waals surface area contributed by atoms with Gasteiger partial charge < -0.3 is 20.6 Å². The van der Waals surface area contributed by atoms with E-state index in [2.05, 4.69) is 33.0 Å². The second-order valence-electron chi connectivity index (χ2n) is 8.33. The fraction of sp³-hybridized carbons (Fsp3) is 0.409. The standard InChI is InChI=1S/C22H26F2N6O2/c1-3-4-7-25-10-22(32)11-30(12-22)21(31)14-9-17-20(28-29-27-17)18(24)19(14)26-16-6-5-13(2)8-15(16)23/h5-6,8-9,25-26,32H,3-4,7,10-12H2,1-2H3,(H,27,28,29). The third kappa shape index (κ3) is 4.28. The van der Waals surface area contributed by atoms with Crippen LogP contribution in [0.4, 0.5) is 20.2 Å². The molecule has 10 heteroatoms. The molecule has 2 aromatic carbocycles. The maximum absolute atomic E-state index is 15.3. The van der Waals surface area contributed by atoms with Crippen molar-refractivity contribution < 1.29 is 18.7 Å². The molecule has 3 aromatic rings. The number of fused-ring (bicyclic) bond motifs is 1. The van der Waals surface area contributed by atoms with E-state index in [0.717, 1.165) is 19.4 Å². The summed E-state index contributed by atoms with van der Waals surface area (Å²) in [4.78, 5) is 14.6. The number of carbonyl (C=O) groups is 1. The molecule has 1 saturated heterocycles. The minimum Gasteiger partial charge on any atom is -0.385 e. The first-order chi connectivity index (χ1) is 15.3. The molecule has 1 aliphatic heterocycles. The Labute approximate surface area is 184 Å². The molecule has 0 spiro atoms. The molecule has 32 heavy (non-hydrogen) atoms. The lowest BCUT2D eigenvalue weighted by Gasteiger charge is -2.46. The maximum atomic E-state index is 15.3. The lowest BCUT2D eigenvalue weighted by molar-refractivity contribution is -0.0784. The molecule has 1 amide bonds. The van der Waals surface area contributed by atoms with Crippen molar-refractivity contribution >= 4 is 28.3 Å². The van der Waals surface area contributed by atoms with E-state index in [1.54, 1.807) is 13.0 Å². The maximum Gasteiger partial charge on any atom is 0.256 e. The number of β-amino-alcohol motifs (C(OH)–C–C–N with tert-alkyl or cyclic N) is 1. The number of hydrogen-bond acceptors (Lipinski definition) is 6. The Kier molecular flexibility index (Phi) is 6.07. The fourth-order valence-corrected chi connectivity index (χ4v) is 3.81. The molecule has 1 fully saturated rings. The molecule has 1 aliphatic rings. The Morgan fingerprint density at radius 2 is 2.06 bits per heavy atom. The Hall–Kier alpha value is -3.11. The minimum absolute atomic E-state index is 0.00938. The number of aryl methyl sites for hydroxylation is 1. The topological polar surface area (TPSA) is 106 Å². The van der Waals surface area contributed by atoms with Gasteiger partial charge in [0, 0.05) is 6.54 Å². The summed E-state index contributed by atoms with van der Waals surface area (Å²) in [5, 5.41) is 26.5. The molecule has 8 nitrogen and oxygen atoms in total. The number of benzene rings is 2. The molecule has 170 valence electrons. The predicted octanol–water partition coefficient (Wildman–Crippen LogP) is 2.86. The van der Waals surface area contributed by atoms with E-state index in [1.165, 1.54) is 23.1 Å². The predicted molar refractivity (Wildman–Crippen MR) is 117 cm³/mol. The zero-order chi connectivity index (χ0) is 22.9. The number of H-pyrrole nitrogens is 1. The highest BCUT2D eigenvalue weighted by Gasteiger charge is 2.44. The van der Waals surface area contributed by atoms with Gasteiger partial charge in [-0.25, -0.2) is 8.78 Å². The highest BCUT2D eigenvalue weighted by molar-refractivity contribution is 6.04. The largest absolute Gasteiger partial charge is 0.385 e. The van der Waals surface area contributed by atoms with Crippen LogP contribution >= 0.6 is 0 Å². The van der Waals surface area contributed by atoms with Crippen molar-refractivity contribution in [1.82, 2.24) is 25.6 Å². The SMILES string of the molecule is CCCCNCC1(O)CN(C(=O)c2cc3n[nH]nc3c(F)c2Nc2ccc(C)cc2F)C1. The van der Waals surface area contributed by atoms with Gasteiger partial charge in [0.25, 0.3) is 5.91 Å². The number of nitrogens with one attached hydrogen (secondary N) is 3. The van der Waals surface area contributed by atoms with E-state index >= 15 is 4.39 Å². The quantitative estimate of drug-likeness (QED) is 0.398. The normalized spacial score (nSPS) is 15.1. The van der Waals surface area contributed by atoms with Gasteiger partial charge in [-0.3, -0.25) is 4.79 Å². The van der Waals surface area contributed by atoms with Gasteiger partial charge >= 0.3 is 0 Å². The number of anilines is 2. The number of likely N-dealkylation sites (tertiary alicyclic amines) is 1. The van der Waals surface area contributed by atoms with Gasteiger partial charge in [-0.2, -0.15) is 15.4 Å². The molecule has 0 radical (unpaired) electrons. The fourth-order valence-electron chi connectivity index (χ4n) is 3.81. The number of amides is 1. The zero-order valence-corrected chi connectivity index (χ0v) is 18.0. The summed E-state index contributed by atoms with van der Waals surface area (Å²) in [7, 11) is 0. The summed E-state index contributed by atoms with van der Waals surface area (Å²) in [5.41, 5.74) is -0.359. The monoisotopic (exact) mass is 444 g/mol. The van der Waals surface area contributed by atoms with Crippen LogP contribution in [0.1, 0.15) is 35.7 Å². The van der Waals surface area contributed by atoms with Crippen LogP contribution in [-0.4, -0.2) is 63.1 Å². The molecule has 2 heterocycles. The molecule has 0 saturated carbocycles. The third-order valence-corrected chi connectivity index (χ3v) is 5.59. The van der Waals surface area contributed by atoms with Crippen LogP contribution in [0.15, 0.2) is 24.3 Å². The van der Waals surface area contributed by atoms with Crippen molar-refractivity contribution in [1.29, 1.82) is 0 Å². The van der Waals surface area contributed by atoms with Gasteiger partial charge in [0.2, 0.25) is 0 Å². The number of halogens is 2. The van der Waals surface area contributed by atoms with Crippen LogP contribution in [0, 0.1) is 18.6 Å². The van der Waals surface area contributed by atoms with Crippen LogP contribution in [0.25, 0.3) is 11.0 Å². The van der Waals surface area contributed by atoms with Crippen molar-refractivity contribution in [3.8, 4) is 0 Å². The molecule has 4 rings (SSSR count). The number of hydrogen-bond donors (Lipinski definition) is 4. The highest BCUT2D eigenvalue weighted by atomic mass is 19.1. The van der Waals surface area contributed by atoms with Gasteiger partial charge in [0.1, 0.15) is 16.9 Å². The summed E-state index contributed by atoms with van der Waals surface area (Å²) in [6.45, 7) is 5.21. The smallest absolute Gasteiger partial charge is 0.256 e. The number of aliphatic hydroxyl groups is 1. The van der Waals surface area contributed by atoms with Gasteiger partial charge in [-0.15, -0.1) is 0 Å². The van der Waals surface area contributed by atoms with Crippen molar-refractivity contribution in [2.45, 2.75) is 32.3 Å². The van der Waals surface area contributed by atoms with E-state index in [4.69, 9.17) is 0 Å². The van der Waals surface area contributed by atoms with Crippen molar-refractivity contribution in [2.75, 3.05) is 31.5 Å².